The first-order chi connectivity index (χ1) is 13.5. The van der Waals surface area contributed by atoms with E-state index in [0.29, 0.717) is 34.4 Å². The molecule has 0 aliphatic rings. The van der Waals surface area contributed by atoms with Gasteiger partial charge in [0.1, 0.15) is 11.5 Å². The van der Waals surface area contributed by atoms with Gasteiger partial charge in [-0.05, 0) is 72.9 Å². The second-order valence-corrected chi connectivity index (χ2v) is 7.73. The summed E-state index contributed by atoms with van der Waals surface area (Å²) >= 11 is 12.3. The number of aliphatic hydroxyl groups excluding tert-OH is 2. The quantitative estimate of drug-likeness (QED) is 0.541. The lowest BCUT2D eigenvalue weighted by molar-refractivity contribution is 0.158. The van der Waals surface area contributed by atoms with Crippen molar-refractivity contribution in [2.24, 2.45) is 11.8 Å². The van der Waals surface area contributed by atoms with Gasteiger partial charge < -0.3 is 19.7 Å². The zero-order valence-corrected chi connectivity index (χ0v) is 17.8. The van der Waals surface area contributed by atoms with E-state index in [0.717, 1.165) is 24.0 Å². The molecule has 2 N–H and O–H groups in total. The molecule has 0 aliphatic heterocycles. The second kappa shape index (κ2) is 11.5. The lowest BCUT2D eigenvalue weighted by Crippen LogP contribution is -2.23. The Kier molecular flexibility index (Phi) is 9.39. The first-order valence-corrected chi connectivity index (χ1v) is 10.1. The Morgan fingerprint density at radius 1 is 0.821 bits per heavy atom. The number of ether oxygens (including phenoxy) is 2. The molecule has 2 rings (SSSR count). The third kappa shape index (κ3) is 6.28. The minimum atomic E-state index is 0.0408. The summed E-state index contributed by atoms with van der Waals surface area (Å²) < 4.78 is 10.6. The molecular weight excluding hydrogens is 399 g/mol. The number of aliphatic hydroxyl groups is 2. The van der Waals surface area contributed by atoms with Crippen molar-refractivity contribution in [3.8, 4) is 11.5 Å². The van der Waals surface area contributed by atoms with Gasteiger partial charge in [-0.25, -0.2) is 0 Å². The molecule has 2 aromatic rings. The van der Waals surface area contributed by atoms with Gasteiger partial charge in [0, 0.05) is 13.2 Å². The first-order valence-electron chi connectivity index (χ1n) is 9.38. The van der Waals surface area contributed by atoms with Crippen LogP contribution in [0.3, 0.4) is 0 Å². The van der Waals surface area contributed by atoms with Crippen molar-refractivity contribution in [3.05, 3.63) is 57.6 Å². The van der Waals surface area contributed by atoms with Gasteiger partial charge in [-0.2, -0.15) is 0 Å². The summed E-state index contributed by atoms with van der Waals surface area (Å²) in [5.41, 5.74) is 2.15. The Bertz CT molecular complexity index is 751. The molecule has 0 aromatic heterocycles. The van der Waals surface area contributed by atoms with Gasteiger partial charge in [0.25, 0.3) is 0 Å². The Morgan fingerprint density at radius 3 is 1.75 bits per heavy atom. The van der Waals surface area contributed by atoms with Crippen LogP contribution in [0.2, 0.25) is 10.0 Å². The molecule has 0 saturated carbocycles. The van der Waals surface area contributed by atoms with Crippen molar-refractivity contribution < 1.29 is 19.7 Å². The van der Waals surface area contributed by atoms with E-state index < -0.39 is 0 Å². The number of hydrogen-bond acceptors (Lipinski definition) is 4. The Hall–Kier alpha value is -1.46. The number of methoxy groups -OCH3 is 2. The first kappa shape index (κ1) is 22.8. The van der Waals surface area contributed by atoms with Gasteiger partial charge in [0.2, 0.25) is 0 Å². The molecule has 0 heterocycles. The van der Waals surface area contributed by atoms with E-state index >= 15 is 0 Å². The number of hydrogen-bond donors (Lipinski definition) is 2. The minimum absolute atomic E-state index is 0.0408. The van der Waals surface area contributed by atoms with Crippen LogP contribution in [-0.2, 0) is 12.8 Å². The van der Waals surface area contributed by atoms with Crippen molar-refractivity contribution in [1.29, 1.82) is 0 Å². The third-order valence-electron chi connectivity index (χ3n) is 5.06. The zero-order chi connectivity index (χ0) is 20.5. The molecule has 154 valence electrons. The maximum absolute atomic E-state index is 10.1. The monoisotopic (exact) mass is 426 g/mol. The predicted octanol–water partition coefficient (Wildman–Crippen LogP) is 4.79. The molecule has 28 heavy (non-hydrogen) atoms. The summed E-state index contributed by atoms with van der Waals surface area (Å²) in [7, 11) is 3.19. The maximum atomic E-state index is 10.1. The normalized spacial score (nSPS) is 13.2. The van der Waals surface area contributed by atoms with Crippen LogP contribution >= 0.6 is 23.2 Å². The molecule has 0 bridgehead atoms. The van der Waals surface area contributed by atoms with Gasteiger partial charge in [-0.3, -0.25) is 0 Å². The highest BCUT2D eigenvalue weighted by Gasteiger charge is 2.22. The molecule has 0 spiro atoms. The molecule has 0 amide bonds. The highest BCUT2D eigenvalue weighted by molar-refractivity contribution is 6.32. The molecule has 2 atom stereocenters. The maximum Gasteiger partial charge on any atom is 0.137 e. The number of halogens is 2. The van der Waals surface area contributed by atoms with Crippen LogP contribution in [0.25, 0.3) is 0 Å². The van der Waals surface area contributed by atoms with E-state index in [1.165, 1.54) is 0 Å². The summed E-state index contributed by atoms with van der Waals surface area (Å²) in [5.74, 6) is 1.51. The fourth-order valence-corrected chi connectivity index (χ4v) is 3.90. The van der Waals surface area contributed by atoms with Crippen LogP contribution in [-0.4, -0.2) is 37.6 Å². The minimum Gasteiger partial charge on any atom is -0.495 e. The average Bonchev–Trinajstić information content (AvgIpc) is 2.71. The van der Waals surface area contributed by atoms with Crippen LogP contribution in [0.5, 0.6) is 11.5 Å². The van der Waals surface area contributed by atoms with Crippen molar-refractivity contribution in [3.63, 3.8) is 0 Å². The van der Waals surface area contributed by atoms with Crippen molar-refractivity contribution in [1.82, 2.24) is 0 Å². The largest absolute Gasteiger partial charge is 0.495 e. The lowest BCUT2D eigenvalue weighted by atomic mass is 9.80. The molecular formula is C22H28Cl2O4. The van der Waals surface area contributed by atoms with E-state index in [1.807, 2.05) is 36.4 Å². The molecule has 0 unspecified atom stereocenters. The summed E-state index contributed by atoms with van der Waals surface area (Å²) in [5, 5.41) is 20.5. The molecule has 4 nitrogen and oxygen atoms in total. The summed E-state index contributed by atoms with van der Waals surface area (Å²) in [6.07, 6.45) is 2.97. The summed E-state index contributed by atoms with van der Waals surface area (Å²) in [4.78, 5) is 0. The van der Waals surface area contributed by atoms with Crippen LogP contribution in [0.4, 0.5) is 0 Å². The van der Waals surface area contributed by atoms with Gasteiger partial charge >= 0.3 is 0 Å². The molecule has 0 radical (unpaired) electrons. The number of benzene rings is 2. The predicted molar refractivity (Wildman–Crippen MR) is 114 cm³/mol. The highest BCUT2D eigenvalue weighted by atomic mass is 35.5. The summed E-state index contributed by atoms with van der Waals surface area (Å²) in [6, 6.07) is 11.4. The SMILES string of the molecule is COc1cc(C[C@@H](CO)[C@H](CCCO)Cc2ccc(Cl)c(OC)c2)ccc1Cl. The average molecular weight is 427 g/mol. The fraction of sp³-hybridized carbons (Fsp3) is 0.455. The Balaban J connectivity index is 2.21. The number of rotatable bonds is 11. The third-order valence-corrected chi connectivity index (χ3v) is 5.69. The van der Waals surface area contributed by atoms with E-state index in [4.69, 9.17) is 32.7 Å². The molecule has 2 aromatic carbocycles. The van der Waals surface area contributed by atoms with Gasteiger partial charge in [0.15, 0.2) is 0 Å². The van der Waals surface area contributed by atoms with Gasteiger partial charge in [0.05, 0.1) is 24.3 Å². The van der Waals surface area contributed by atoms with E-state index in [1.54, 1.807) is 14.2 Å². The van der Waals surface area contributed by atoms with E-state index in [-0.39, 0.29) is 25.0 Å². The van der Waals surface area contributed by atoms with Crippen molar-refractivity contribution >= 4 is 23.2 Å². The smallest absolute Gasteiger partial charge is 0.137 e. The van der Waals surface area contributed by atoms with E-state index in [9.17, 15) is 10.2 Å². The molecule has 0 saturated heterocycles. The highest BCUT2D eigenvalue weighted by Crippen LogP contribution is 2.32. The van der Waals surface area contributed by atoms with Crippen molar-refractivity contribution in [2.45, 2.75) is 25.7 Å². The van der Waals surface area contributed by atoms with Crippen molar-refractivity contribution in [2.75, 3.05) is 27.4 Å². The molecule has 0 fully saturated rings. The lowest BCUT2D eigenvalue weighted by Gasteiger charge is -2.26. The van der Waals surface area contributed by atoms with Crippen LogP contribution in [0.15, 0.2) is 36.4 Å². The molecule has 6 heteroatoms. The standard InChI is InChI=1S/C22H28Cl2O4/c1-27-21-12-15(5-7-19(21)23)10-17(4-3-9-25)18(14-26)11-16-6-8-20(24)22(13-16)28-2/h5-8,12-13,17-18,25-26H,3-4,9-11,14H2,1-2H3/t17-,18+/m1/s1. The van der Waals surface area contributed by atoms with E-state index in [2.05, 4.69) is 0 Å². The van der Waals surface area contributed by atoms with Gasteiger partial charge in [-0.1, -0.05) is 35.3 Å². The van der Waals surface area contributed by atoms with Gasteiger partial charge in [-0.15, -0.1) is 0 Å². The molecule has 0 aliphatic carbocycles. The zero-order valence-electron chi connectivity index (χ0n) is 16.3. The topological polar surface area (TPSA) is 58.9 Å². The summed E-state index contributed by atoms with van der Waals surface area (Å²) in [6.45, 7) is 0.194. The second-order valence-electron chi connectivity index (χ2n) is 6.91. The van der Waals surface area contributed by atoms with Crippen LogP contribution in [0, 0.1) is 11.8 Å². The Morgan fingerprint density at radius 2 is 1.32 bits per heavy atom. The van der Waals surface area contributed by atoms with Crippen LogP contribution in [0.1, 0.15) is 24.0 Å². The van der Waals surface area contributed by atoms with Crippen LogP contribution < -0.4 is 9.47 Å². The fourth-order valence-electron chi connectivity index (χ4n) is 3.51. The Labute approximate surface area is 177 Å².